The van der Waals surface area contributed by atoms with Crippen LogP contribution in [0.3, 0.4) is 0 Å². The Labute approximate surface area is 79.3 Å². The SMILES string of the molecule is CCCOCC(=O)N[C@H](CC)CO. The van der Waals surface area contributed by atoms with Gasteiger partial charge in [-0.25, -0.2) is 0 Å². The smallest absolute Gasteiger partial charge is 0.246 e. The first kappa shape index (κ1) is 12.4. The van der Waals surface area contributed by atoms with Crippen molar-refractivity contribution in [1.29, 1.82) is 0 Å². The van der Waals surface area contributed by atoms with Crippen LogP contribution in [-0.2, 0) is 9.53 Å². The average molecular weight is 189 g/mol. The second-order valence-corrected chi connectivity index (χ2v) is 2.91. The van der Waals surface area contributed by atoms with Crippen LogP contribution in [0.4, 0.5) is 0 Å². The molecule has 1 atom stereocenters. The molecule has 0 aromatic rings. The average Bonchev–Trinajstić information content (AvgIpc) is 2.14. The zero-order valence-electron chi connectivity index (χ0n) is 8.38. The molecule has 0 bridgehead atoms. The van der Waals surface area contributed by atoms with Gasteiger partial charge in [0.1, 0.15) is 6.61 Å². The first-order chi connectivity index (χ1) is 6.24. The van der Waals surface area contributed by atoms with E-state index in [1.54, 1.807) is 0 Å². The molecule has 4 nitrogen and oxygen atoms in total. The van der Waals surface area contributed by atoms with E-state index in [1.165, 1.54) is 0 Å². The summed E-state index contributed by atoms with van der Waals surface area (Å²) in [5, 5.41) is 11.5. The van der Waals surface area contributed by atoms with Gasteiger partial charge in [-0.2, -0.15) is 0 Å². The molecule has 0 spiro atoms. The number of nitrogens with one attached hydrogen (secondary N) is 1. The van der Waals surface area contributed by atoms with Crippen molar-refractivity contribution < 1.29 is 14.6 Å². The number of hydrogen-bond donors (Lipinski definition) is 2. The minimum absolute atomic E-state index is 0.0178. The molecule has 78 valence electrons. The molecule has 0 saturated heterocycles. The molecule has 0 aliphatic rings. The third-order valence-electron chi connectivity index (χ3n) is 1.66. The van der Waals surface area contributed by atoms with Gasteiger partial charge < -0.3 is 15.2 Å². The predicted octanol–water partition coefficient (Wildman–Crippen LogP) is 0.300. The fourth-order valence-corrected chi connectivity index (χ4v) is 0.855. The highest BCUT2D eigenvalue weighted by Gasteiger charge is 2.08. The highest BCUT2D eigenvalue weighted by molar-refractivity contribution is 5.77. The van der Waals surface area contributed by atoms with E-state index in [0.717, 1.165) is 12.8 Å². The third kappa shape index (κ3) is 6.54. The number of rotatable bonds is 7. The lowest BCUT2D eigenvalue weighted by Gasteiger charge is -2.13. The highest BCUT2D eigenvalue weighted by Crippen LogP contribution is 1.89. The molecule has 1 amide bonds. The second-order valence-electron chi connectivity index (χ2n) is 2.91. The van der Waals surface area contributed by atoms with Crippen molar-refractivity contribution in [3.8, 4) is 0 Å². The Balaban J connectivity index is 3.48. The number of carbonyl (C=O) groups excluding carboxylic acids is 1. The second kappa shape index (κ2) is 8.01. The number of aliphatic hydroxyl groups excluding tert-OH is 1. The molecule has 4 heteroatoms. The fourth-order valence-electron chi connectivity index (χ4n) is 0.855. The normalized spacial score (nSPS) is 12.5. The van der Waals surface area contributed by atoms with E-state index in [1.807, 2.05) is 13.8 Å². The zero-order chi connectivity index (χ0) is 10.1. The van der Waals surface area contributed by atoms with Gasteiger partial charge in [-0.3, -0.25) is 4.79 Å². The largest absolute Gasteiger partial charge is 0.394 e. The molecule has 0 heterocycles. The summed E-state index contributed by atoms with van der Waals surface area (Å²) in [6, 6.07) is -0.141. The van der Waals surface area contributed by atoms with Gasteiger partial charge in [0.2, 0.25) is 5.91 Å². The van der Waals surface area contributed by atoms with Gasteiger partial charge in [-0.05, 0) is 12.8 Å². The number of ether oxygens (including phenoxy) is 1. The van der Waals surface area contributed by atoms with Gasteiger partial charge in [0.15, 0.2) is 0 Å². The van der Waals surface area contributed by atoms with E-state index in [4.69, 9.17) is 9.84 Å². The molecule has 2 N–H and O–H groups in total. The summed E-state index contributed by atoms with van der Waals surface area (Å²) in [7, 11) is 0. The number of hydrogen-bond acceptors (Lipinski definition) is 3. The van der Waals surface area contributed by atoms with Crippen LogP contribution in [0, 0.1) is 0 Å². The molecular formula is C9H19NO3. The number of aliphatic hydroxyl groups is 1. The summed E-state index contributed by atoms with van der Waals surface area (Å²) < 4.78 is 5.04. The molecule has 0 unspecified atom stereocenters. The third-order valence-corrected chi connectivity index (χ3v) is 1.66. The Hall–Kier alpha value is -0.610. The van der Waals surface area contributed by atoms with Crippen molar-refractivity contribution in [3.63, 3.8) is 0 Å². The highest BCUT2D eigenvalue weighted by atomic mass is 16.5. The maximum atomic E-state index is 11.1. The van der Waals surface area contributed by atoms with E-state index in [-0.39, 0.29) is 25.2 Å². The Morgan fingerprint density at radius 3 is 2.69 bits per heavy atom. The Bertz CT molecular complexity index is 135. The molecular weight excluding hydrogens is 170 g/mol. The first-order valence-corrected chi connectivity index (χ1v) is 4.72. The molecule has 0 aliphatic heterocycles. The predicted molar refractivity (Wildman–Crippen MR) is 50.4 cm³/mol. The molecule has 0 aliphatic carbocycles. The van der Waals surface area contributed by atoms with Gasteiger partial charge in [0.05, 0.1) is 12.6 Å². The van der Waals surface area contributed by atoms with Gasteiger partial charge in [0, 0.05) is 6.61 Å². The summed E-state index contributed by atoms with van der Waals surface area (Å²) in [5.74, 6) is -0.158. The van der Waals surface area contributed by atoms with E-state index in [2.05, 4.69) is 5.32 Å². The Kier molecular flexibility index (Phi) is 7.63. The molecule has 0 aromatic heterocycles. The summed E-state index contributed by atoms with van der Waals surface area (Å²) in [6.45, 7) is 4.57. The first-order valence-electron chi connectivity index (χ1n) is 4.72. The molecule has 0 aromatic carbocycles. The van der Waals surface area contributed by atoms with Crippen LogP contribution in [0.15, 0.2) is 0 Å². The van der Waals surface area contributed by atoms with Crippen molar-refractivity contribution in [2.24, 2.45) is 0 Å². The van der Waals surface area contributed by atoms with Gasteiger partial charge in [-0.1, -0.05) is 13.8 Å². The lowest BCUT2D eigenvalue weighted by Crippen LogP contribution is -2.39. The molecule has 0 fully saturated rings. The van der Waals surface area contributed by atoms with Crippen LogP contribution in [0.5, 0.6) is 0 Å². The van der Waals surface area contributed by atoms with Crippen molar-refractivity contribution >= 4 is 5.91 Å². The summed E-state index contributed by atoms with van der Waals surface area (Å²) in [6.07, 6.45) is 1.64. The summed E-state index contributed by atoms with van der Waals surface area (Å²) >= 11 is 0. The van der Waals surface area contributed by atoms with Crippen LogP contribution < -0.4 is 5.32 Å². The van der Waals surface area contributed by atoms with Crippen LogP contribution in [0.25, 0.3) is 0 Å². The van der Waals surface area contributed by atoms with Crippen molar-refractivity contribution in [1.82, 2.24) is 5.32 Å². The van der Waals surface area contributed by atoms with Crippen LogP contribution in [0.2, 0.25) is 0 Å². The minimum atomic E-state index is -0.158. The van der Waals surface area contributed by atoms with Crippen molar-refractivity contribution in [3.05, 3.63) is 0 Å². The zero-order valence-corrected chi connectivity index (χ0v) is 8.38. The standard InChI is InChI=1S/C9H19NO3/c1-3-5-13-7-9(12)10-8(4-2)6-11/h8,11H,3-7H2,1-2H3,(H,10,12)/t8-/m1/s1. The quantitative estimate of drug-likeness (QED) is 0.566. The minimum Gasteiger partial charge on any atom is -0.394 e. The Morgan fingerprint density at radius 1 is 1.54 bits per heavy atom. The maximum absolute atomic E-state index is 11.1. The lowest BCUT2D eigenvalue weighted by molar-refractivity contribution is -0.126. The van der Waals surface area contributed by atoms with Gasteiger partial charge in [0.25, 0.3) is 0 Å². The van der Waals surface area contributed by atoms with Crippen molar-refractivity contribution in [2.75, 3.05) is 19.8 Å². The topological polar surface area (TPSA) is 58.6 Å². The van der Waals surface area contributed by atoms with E-state index < -0.39 is 0 Å². The number of carbonyl (C=O) groups is 1. The molecule has 0 radical (unpaired) electrons. The van der Waals surface area contributed by atoms with E-state index >= 15 is 0 Å². The maximum Gasteiger partial charge on any atom is 0.246 e. The van der Waals surface area contributed by atoms with Crippen LogP contribution >= 0.6 is 0 Å². The van der Waals surface area contributed by atoms with Gasteiger partial charge >= 0.3 is 0 Å². The van der Waals surface area contributed by atoms with E-state index in [9.17, 15) is 4.79 Å². The molecule has 0 rings (SSSR count). The van der Waals surface area contributed by atoms with Crippen LogP contribution in [0.1, 0.15) is 26.7 Å². The lowest BCUT2D eigenvalue weighted by atomic mass is 10.2. The molecule has 0 saturated carbocycles. The summed E-state index contributed by atoms with van der Waals surface area (Å²) in [5.41, 5.74) is 0. The Morgan fingerprint density at radius 2 is 2.23 bits per heavy atom. The monoisotopic (exact) mass is 189 g/mol. The molecule has 13 heavy (non-hydrogen) atoms. The van der Waals surface area contributed by atoms with E-state index in [0.29, 0.717) is 6.61 Å². The van der Waals surface area contributed by atoms with Gasteiger partial charge in [-0.15, -0.1) is 0 Å². The van der Waals surface area contributed by atoms with Crippen molar-refractivity contribution in [2.45, 2.75) is 32.7 Å². The summed E-state index contributed by atoms with van der Waals surface area (Å²) in [4.78, 5) is 11.1. The fraction of sp³-hybridized carbons (Fsp3) is 0.889. The number of amides is 1. The van der Waals surface area contributed by atoms with Crippen LogP contribution in [-0.4, -0.2) is 36.9 Å².